The maximum absolute atomic E-state index is 2.72. The summed E-state index contributed by atoms with van der Waals surface area (Å²) in [5.41, 5.74) is 9.67. The van der Waals surface area contributed by atoms with Crippen LogP contribution >= 0.6 is 11.3 Å². The fourth-order valence-electron chi connectivity index (χ4n) is 13.2. The van der Waals surface area contributed by atoms with Gasteiger partial charge in [-0.25, -0.2) is 0 Å². The van der Waals surface area contributed by atoms with Crippen LogP contribution in [0.2, 0.25) is 0 Å². The van der Waals surface area contributed by atoms with Crippen LogP contribution in [0.4, 0.5) is 17.1 Å². The molecule has 12 rings (SSSR count). The van der Waals surface area contributed by atoms with E-state index in [1.807, 2.05) is 11.3 Å². The molecule has 0 N–H and O–H groups in total. The number of hydrogen-bond donors (Lipinski definition) is 0. The van der Waals surface area contributed by atoms with Gasteiger partial charge in [0, 0.05) is 36.8 Å². The Hall–Kier alpha value is -6.00. The van der Waals surface area contributed by atoms with Gasteiger partial charge in [-0.2, -0.15) is 0 Å². The minimum absolute atomic E-state index is 0.00991. The number of hydrogen-bond acceptors (Lipinski definition) is 2. The summed E-state index contributed by atoms with van der Waals surface area (Å²) in [7, 11) is -2.72. The summed E-state index contributed by atoms with van der Waals surface area (Å²) in [6.07, 6.45) is 5.34. The molecule has 5 atom stereocenters. The van der Waals surface area contributed by atoms with Crippen LogP contribution < -0.4 is 25.6 Å². The van der Waals surface area contributed by atoms with Gasteiger partial charge in [-0.05, 0) is 123 Å². The summed E-state index contributed by atoms with van der Waals surface area (Å²) in [6.45, 7) is 5.11. The number of fused-ring (bicyclic) bond motifs is 11. The van der Waals surface area contributed by atoms with E-state index in [4.69, 9.17) is 0 Å². The average molecular weight is 834 g/mol. The third-order valence-electron chi connectivity index (χ3n) is 15.3. The van der Waals surface area contributed by atoms with Gasteiger partial charge in [-0.3, -0.25) is 0 Å². The predicted octanol–water partition coefficient (Wildman–Crippen LogP) is 13.3. The molecule has 0 aliphatic heterocycles. The summed E-state index contributed by atoms with van der Waals surface area (Å²) in [6, 6.07) is 76.5. The molecule has 0 amide bonds. The molecule has 1 heterocycles. The monoisotopic (exact) mass is 833 g/mol. The van der Waals surface area contributed by atoms with Crippen molar-refractivity contribution >= 4 is 77.4 Å². The van der Waals surface area contributed by atoms with Gasteiger partial charge >= 0.3 is 0 Å². The highest BCUT2D eigenvalue weighted by Gasteiger charge is 2.57. The minimum Gasteiger partial charge on any atom is -0.309 e. The highest BCUT2D eigenvalue weighted by molar-refractivity contribution is 7.26. The molecule has 1 spiro atoms. The van der Waals surface area contributed by atoms with Gasteiger partial charge in [0.1, 0.15) is 0 Å². The average Bonchev–Trinajstić information content (AvgIpc) is 3.85. The fraction of sp³-hybridized carbons (Fsp3) is 0.186. The zero-order valence-corrected chi connectivity index (χ0v) is 37.4. The molecule has 2 fully saturated rings. The first-order chi connectivity index (χ1) is 30.6. The molecule has 62 heavy (non-hydrogen) atoms. The van der Waals surface area contributed by atoms with E-state index in [-0.39, 0.29) is 5.41 Å². The summed E-state index contributed by atoms with van der Waals surface area (Å²) < 4.78 is 2.65. The highest BCUT2D eigenvalue weighted by Crippen LogP contribution is 2.66. The van der Waals surface area contributed by atoms with Crippen LogP contribution in [-0.4, -0.2) is 8.07 Å². The van der Waals surface area contributed by atoms with Crippen LogP contribution in [0.25, 0.3) is 31.3 Å². The third-order valence-corrected chi connectivity index (χ3v) is 21.3. The van der Waals surface area contributed by atoms with Crippen LogP contribution in [0.15, 0.2) is 200 Å². The Bertz CT molecular complexity index is 2980. The third kappa shape index (κ3) is 5.50. The largest absolute Gasteiger partial charge is 0.309 e. The Balaban J connectivity index is 1.12. The second-order valence-corrected chi connectivity index (χ2v) is 23.5. The summed E-state index contributed by atoms with van der Waals surface area (Å²) >= 11 is 1.90. The number of anilines is 3. The smallest absolute Gasteiger partial charge is 0.179 e. The van der Waals surface area contributed by atoms with Gasteiger partial charge in [0.2, 0.25) is 0 Å². The van der Waals surface area contributed by atoms with E-state index in [1.165, 1.54) is 94.8 Å². The molecule has 0 radical (unpaired) electrons. The lowest BCUT2D eigenvalue weighted by Crippen LogP contribution is -2.74. The molecule has 0 saturated heterocycles. The first-order valence-corrected chi connectivity index (χ1v) is 25.6. The Morgan fingerprint density at radius 1 is 0.484 bits per heavy atom. The number of rotatable bonds is 7. The van der Waals surface area contributed by atoms with E-state index in [2.05, 4.69) is 219 Å². The van der Waals surface area contributed by atoms with E-state index < -0.39 is 8.07 Å². The van der Waals surface area contributed by atoms with Crippen molar-refractivity contribution in [2.24, 2.45) is 23.7 Å². The topological polar surface area (TPSA) is 3.24 Å². The minimum atomic E-state index is -2.72. The Kier molecular flexibility index (Phi) is 9.02. The number of benzene rings is 8. The first-order valence-electron chi connectivity index (χ1n) is 22.8. The first kappa shape index (κ1) is 37.7. The van der Waals surface area contributed by atoms with E-state index in [9.17, 15) is 0 Å². The molecule has 2 bridgehead atoms. The van der Waals surface area contributed by atoms with Crippen LogP contribution in [0.5, 0.6) is 0 Å². The SMILES string of the molecule is CC1CC2CC(C)C3(c4ccccc4-c4c(N(c5ccc([Si](c6ccccc6)(c6ccccc6)c6ccccc6)cc5)c5cccc6sc7ccccc7c56)cccc43)C(C1)C2. The summed E-state index contributed by atoms with van der Waals surface area (Å²) in [4.78, 5) is 2.64. The normalized spacial score (nSPS) is 21.5. The van der Waals surface area contributed by atoms with Crippen molar-refractivity contribution in [2.75, 3.05) is 4.90 Å². The molecule has 2 saturated carbocycles. The molecule has 3 aliphatic carbocycles. The van der Waals surface area contributed by atoms with Gasteiger partial charge in [0.15, 0.2) is 8.07 Å². The second-order valence-electron chi connectivity index (χ2n) is 18.6. The Morgan fingerprint density at radius 2 is 1.05 bits per heavy atom. The predicted molar refractivity (Wildman–Crippen MR) is 268 cm³/mol. The zero-order chi connectivity index (χ0) is 41.4. The highest BCUT2D eigenvalue weighted by atomic mass is 32.1. The van der Waals surface area contributed by atoms with Crippen LogP contribution in [0.1, 0.15) is 50.7 Å². The lowest BCUT2D eigenvalue weighted by atomic mass is 9.49. The van der Waals surface area contributed by atoms with Gasteiger partial charge in [-0.1, -0.05) is 178 Å². The van der Waals surface area contributed by atoms with Gasteiger partial charge in [0.05, 0.1) is 11.4 Å². The van der Waals surface area contributed by atoms with Crippen molar-refractivity contribution in [3.63, 3.8) is 0 Å². The van der Waals surface area contributed by atoms with Crippen molar-refractivity contribution in [3.05, 3.63) is 211 Å². The molecule has 302 valence electrons. The molecule has 3 aliphatic rings. The molecule has 1 aromatic heterocycles. The van der Waals surface area contributed by atoms with Crippen molar-refractivity contribution < 1.29 is 0 Å². The standard InChI is InChI=1S/C59H51NSSi/c1-40-36-42-38-41(2)59(43(37-40)39-42)51-26-14-12-24-49(51)57-52(59)27-16-28-53(57)60(54-29-17-31-56-58(54)50-25-13-15-30-55(50)61-56)44-32-34-48(35-33-44)62(45-18-6-3-7-19-45,46-20-8-4-9-21-46)47-22-10-5-11-23-47/h3-35,40-43H,36-39H2,1-2H3. The van der Waals surface area contributed by atoms with Gasteiger partial charge in [0.25, 0.3) is 0 Å². The fourth-order valence-corrected chi connectivity index (χ4v) is 19.1. The quantitative estimate of drug-likeness (QED) is 0.114. The van der Waals surface area contributed by atoms with E-state index in [1.54, 1.807) is 11.1 Å². The van der Waals surface area contributed by atoms with Crippen LogP contribution in [0, 0.1) is 23.7 Å². The lowest BCUT2D eigenvalue weighted by molar-refractivity contribution is 0.0426. The summed E-state index contributed by atoms with van der Waals surface area (Å²) in [5, 5.41) is 8.19. The van der Waals surface area contributed by atoms with Crippen LogP contribution in [-0.2, 0) is 5.41 Å². The number of thiophene rings is 1. The maximum atomic E-state index is 2.64. The van der Waals surface area contributed by atoms with Crippen molar-refractivity contribution in [1.82, 2.24) is 0 Å². The molecule has 3 heteroatoms. The summed E-state index contributed by atoms with van der Waals surface area (Å²) in [5.74, 6) is 2.81. The Morgan fingerprint density at radius 3 is 1.76 bits per heavy atom. The second kappa shape index (κ2) is 14.8. The van der Waals surface area contributed by atoms with Gasteiger partial charge in [-0.15, -0.1) is 11.3 Å². The molecule has 1 nitrogen and oxygen atoms in total. The van der Waals surface area contributed by atoms with Crippen molar-refractivity contribution in [1.29, 1.82) is 0 Å². The van der Waals surface area contributed by atoms with Crippen molar-refractivity contribution in [3.8, 4) is 11.1 Å². The van der Waals surface area contributed by atoms with Crippen molar-refractivity contribution in [2.45, 2.75) is 44.9 Å². The van der Waals surface area contributed by atoms with E-state index in [0.717, 1.165) is 11.8 Å². The van der Waals surface area contributed by atoms with Crippen LogP contribution in [0.3, 0.4) is 0 Å². The molecule has 9 aromatic rings. The molecular formula is C59H51NSSi. The number of nitrogens with zero attached hydrogens (tertiary/aromatic N) is 1. The van der Waals surface area contributed by atoms with E-state index >= 15 is 0 Å². The molecule has 8 aromatic carbocycles. The van der Waals surface area contributed by atoms with Gasteiger partial charge < -0.3 is 4.90 Å². The maximum Gasteiger partial charge on any atom is 0.179 e. The Labute approximate surface area is 371 Å². The van der Waals surface area contributed by atoms with E-state index in [0.29, 0.717) is 11.8 Å². The lowest BCUT2D eigenvalue weighted by Gasteiger charge is -2.54. The molecule has 5 unspecified atom stereocenters. The molecular weight excluding hydrogens is 783 g/mol. The zero-order valence-electron chi connectivity index (χ0n) is 35.5.